The molecule has 1 nitrogen and oxygen atoms in total. The van der Waals surface area contributed by atoms with Crippen LogP contribution in [-0.4, -0.2) is 6.29 Å². The third-order valence-electron chi connectivity index (χ3n) is 0.808. The zero-order valence-electron chi connectivity index (χ0n) is 6.22. The molecule has 0 saturated heterocycles. The topological polar surface area (TPSA) is 17.1 Å². The molecule has 0 heterocycles. The van der Waals surface area contributed by atoms with E-state index in [1.807, 2.05) is 0 Å². The zero-order chi connectivity index (χ0) is 5.82. The van der Waals surface area contributed by atoms with E-state index in [0.29, 0.717) is 5.56 Å². The molecule has 0 atom stereocenters. The molecule has 0 spiro atoms. The van der Waals surface area contributed by atoms with E-state index in [4.69, 9.17) is 0 Å². The van der Waals surface area contributed by atoms with E-state index < -0.39 is 0 Å². The van der Waals surface area contributed by atoms with Crippen LogP contribution in [0.2, 0.25) is 0 Å². The summed E-state index contributed by atoms with van der Waals surface area (Å²) in [5.41, 5.74) is 0.573. The van der Waals surface area contributed by atoms with Crippen LogP contribution in [0.1, 0.15) is 10.4 Å². The SMILES string of the molecule is O=Cc1[c-]c[c-]cc1.[Na+].[Na+]. The zero-order valence-corrected chi connectivity index (χ0v) is 10.2. The second kappa shape index (κ2) is 7.99. The first-order valence-corrected chi connectivity index (χ1v) is 2.26. The molecule has 10 heavy (non-hydrogen) atoms. The predicted molar refractivity (Wildman–Crippen MR) is 29.5 cm³/mol. The maximum atomic E-state index is 9.96. The molecular formula is C7H4Na2O. The van der Waals surface area contributed by atoms with Gasteiger partial charge >= 0.3 is 59.1 Å². The van der Waals surface area contributed by atoms with Crippen LogP contribution < -0.4 is 59.1 Å². The van der Waals surface area contributed by atoms with Crippen LogP contribution in [0, 0.1) is 12.1 Å². The summed E-state index contributed by atoms with van der Waals surface area (Å²) >= 11 is 0. The normalized spacial score (nSPS) is 6.80. The van der Waals surface area contributed by atoms with Crippen LogP contribution in [0.25, 0.3) is 0 Å². The van der Waals surface area contributed by atoms with E-state index in [2.05, 4.69) is 12.1 Å². The van der Waals surface area contributed by atoms with Gasteiger partial charge in [0.1, 0.15) is 0 Å². The summed E-state index contributed by atoms with van der Waals surface area (Å²) in [7, 11) is 0. The Morgan fingerprint density at radius 2 is 2.10 bits per heavy atom. The number of hydrogen-bond donors (Lipinski definition) is 0. The Balaban J connectivity index is 0. The Morgan fingerprint density at radius 3 is 2.40 bits per heavy atom. The monoisotopic (exact) mass is 150 g/mol. The number of carbonyl (C=O) groups excluding carboxylic acids is 1. The summed E-state index contributed by atoms with van der Waals surface area (Å²) in [5, 5.41) is 0. The fraction of sp³-hybridized carbons (Fsp3) is 0. The van der Waals surface area contributed by atoms with Gasteiger partial charge in [0.25, 0.3) is 0 Å². The van der Waals surface area contributed by atoms with Crippen molar-refractivity contribution in [1.29, 1.82) is 0 Å². The second-order valence-corrected chi connectivity index (χ2v) is 1.36. The molecule has 0 radical (unpaired) electrons. The number of hydrogen-bond acceptors (Lipinski definition) is 1. The molecule has 0 aromatic heterocycles. The quantitative estimate of drug-likeness (QED) is 0.223. The summed E-state index contributed by atoms with van der Waals surface area (Å²) in [4.78, 5) is 9.96. The second-order valence-electron chi connectivity index (χ2n) is 1.36. The number of benzene rings is 1. The molecule has 0 amide bonds. The summed E-state index contributed by atoms with van der Waals surface area (Å²) in [6.45, 7) is 0. The van der Waals surface area contributed by atoms with Crippen molar-refractivity contribution >= 4 is 6.29 Å². The molecule has 0 fully saturated rings. The first-order valence-electron chi connectivity index (χ1n) is 2.26. The van der Waals surface area contributed by atoms with Crippen molar-refractivity contribution in [1.82, 2.24) is 0 Å². The smallest absolute Gasteiger partial charge is 0.411 e. The maximum absolute atomic E-state index is 9.96. The fourth-order valence-corrected chi connectivity index (χ4v) is 0.432. The molecule has 0 bridgehead atoms. The Bertz CT molecular complexity index is 174. The van der Waals surface area contributed by atoms with Crippen molar-refractivity contribution < 1.29 is 63.9 Å². The minimum atomic E-state index is 0. The fourth-order valence-electron chi connectivity index (χ4n) is 0.432. The van der Waals surface area contributed by atoms with Crippen LogP contribution in [0.5, 0.6) is 0 Å². The van der Waals surface area contributed by atoms with Crippen molar-refractivity contribution in [3.05, 3.63) is 35.9 Å². The van der Waals surface area contributed by atoms with Gasteiger partial charge in [0.15, 0.2) is 0 Å². The van der Waals surface area contributed by atoms with Crippen LogP contribution in [-0.2, 0) is 0 Å². The molecule has 40 valence electrons. The molecule has 0 aliphatic heterocycles. The van der Waals surface area contributed by atoms with Crippen LogP contribution >= 0.6 is 0 Å². The molecule has 1 aromatic carbocycles. The average Bonchev–Trinajstić information content (AvgIpc) is 1.90. The standard InChI is InChI=1S/C7H4O.2Na/c8-6-7-4-2-1-3-5-7;;/h2-4,6H;;/q-2;2*+1. The molecule has 1 rings (SSSR count). The van der Waals surface area contributed by atoms with Gasteiger partial charge in [-0.05, 0) is 6.29 Å². The van der Waals surface area contributed by atoms with Gasteiger partial charge in [-0.25, -0.2) is 23.8 Å². The van der Waals surface area contributed by atoms with Gasteiger partial charge in [0, 0.05) is 0 Å². The van der Waals surface area contributed by atoms with E-state index in [-0.39, 0.29) is 59.1 Å². The number of rotatable bonds is 1. The van der Waals surface area contributed by atoms with Crippen LogP contribution in [0.15, 0.2) is 18.2 Å². The summed E-state index contributed by atoms with van der Waals surface area (Å²) in [6, 6.07) is 10.4. The first kappa shape index (κ1) is 13.5. The number of aldehydes is 1. The van der Waals surface area contributed by atoms with Gasteiger partial charge in [0.05, 0.1) is 0 Å². The Kier molecular flexibility index (Phi) is 10.8. The third kappa shape index (κ3) is 4.67. The first-order chi connectivity index (χ1) is 3.93. The van der Waals surface area contributed by atoms with Crippen molar-refractivity contribution in [2.45, 2.75) is 0 Å². The molecule has 3 heteroatoms. The Morgan fingerprint density at radius 1 is 1.40 bits per heavy atom. The van der Waals surface area contributed by atoms with Crippen molar-refractivity contribution in [2.75, 3.05) is 0 Å². The maximum Gasteiger partial charge on any atom is 1.00 e. The van der Waals surface area contributed by atoms with Gasteiger partial charge in [-0.1, -0.05) is 0 Å². The van der Waals surface area contributed by atoms with E-state index in [9.17, 15) is 4.79 Å². The molecule has 0 saturated carbocycles. The van der Waals surface area contributed by atoms with Gasteiger partial charge in [-0.3, -0.25) is 12.1 Å². The van der Waals surface area contributed by atoms with Crippen LogP contribution in [0.4, 0.5) is 0 Å². The average molecular weight is 150 g/mol. The van der Waals surface area contributed by atoms with Gasteiger partial charge < -0.3 is 4.79 Å². The Hall–Kier alpha value is 0.890. The predicted octanol–water partition coefficient (Wildman–Crippen LogP) is -4.89. The molecule has 0 N–H and O–H groups in total. The number of carbonyl (C=O) groups is 1. The van der Waals surface area contributed by atoms with E-state index >= 15 is 0 Å². The van der Waals surface area contributed by atoms with E-state index in [1.165, 1.54) is 0 Å². The van der Waals surface area contributed by atoms with Crippen molar-refractivity contribution in [3.8, 4) is 0 Å². The summed E-state index contributed by atoms with van der Waals surface area (Å²) in [6.07, 6.45) is 0.758. The van der Waals surface area contributed by atoms with Crippen LogP contribution in [0.3, 0.4) is 0 Å². The largest absolute Gasteiger partial charge is 1.00 e. The molecule has 0 unspecified atom stereocenters. The van der Waals surface area contributed by atoms with E-state index in [0.717, 1.165) is 6.29 Å². The van der Waals surface area contributed by atoms with E-state index in [1.54, 1.807) is 18.2 Å². The molecule has 0 aliphatic carbocycles. The Labute approximate surface area is 105 Å². The van der Waals surface area contributed by atoms with Gasteiger partial charge in [-0.2, -0.15) is 0 Å². The molecule has 0 aliphatic rings. The minimum Gasteiger partial charge on any atom is -0.411 e. The molecule has 1 aromatic rings. The van der Waals surface area contributed by atoms with Crippen molar-refractivity contribution in [2.24, 2.45) is 0 Å². The molecular weight excluding hydrogens is 146 g/mol. The van der Waals surface area contributed by atoms with Crippen molar-refractivity contribution in [3.63, 3.8) is 0 Å². The van der Waals surface area contributed by atoms with Gasteiger partial charge in [-0.15, -0.1) is 0 Å². The van der Waals surface area contributed by atoms with Gasteiger partial charge in [0.2, 0.25) is 0 Å². The third-order valence-corrected chi connectivity index (χ3v) is 0.808. The summed E-state index contributed by atoms with van der Waals surface area (Å²) in [5.74, 6) is 0. The summed E-state index contributed by atoms with van der Waals surface area (Å²) < 4.78 is 0. The minimum absolute atomic E-state index is 0.